The van der Waals surface area contributed by atoms with E-state index in [1.807, 2.05) is 25.1 Å². The molecule has 27 heavy (non-hydrogen) atoms. The summed E-state index contributed by atoms with van der Waals surface area (Å²) in [5.41, 5.74) is 3.99. The summed E-state index contributed by atoms with van der Waals surface area (Å²) in [7, 11) is 3.17. The summed E-state index contributed by atoms with van der Waals surface area (Å²) in [4.78, 5) is 15.0. The van der Waals surface area contributed by atoms with E-state index in [4.69, 9.17) is 9.47 Å². The number of benzene rings is 2. The van der Waals surface area contributed by atoms with Crippen LogP contribution < -0.4 is 19.7 Å². The maximum atomic E-state index is 12.6. The predicted octanol–water partition coefficient (Wildman–Crippen LogP) is 4.56. The van der Waals surface area contributed by atoms with Gasteiger partial charge in [0.05, 0.1) is 20.6 Å². The van der Waals surface area contributed by atoms with Crippen molar-refractivity contribution in [1.29, 1.82) is 0 Å². The lowest BCUT2D eigenvalue weighted by Gasteiger charge is -2.19. The van der Waals surface area contributed by atoms with Crippen LogP contribution in [0.3, 0.4) is 0 Å². The highest BCUT2D eigenvalue weighted by atomic mass is 79.9. The molecule has 1 fully saturated rings. The maximum Gasteiger partial charge on any atom is 0.228 e. The number of carbonyl (C=O) groups excluding carboxylic acids is 1. The quantitative estimate of drug-likeness (QED) is 0.726. The summed E-state index contributed by atoms with van der Waals surface area (Å²) in [6.45, 7) is 4.25. The van der Waals surface area contributed by atoms with E-state index in [0.29, 0.717) is 11.5 Å². The largest absolute Gasteiger partial charge is 0.493 e. The van der Waals surface area contributed by atoms with Gasteiger partial charge in [0.25, 0.3) is 0 Å². The summed E-state index contributed by atoms with van der Waals surface area (Å²) in [6, 6.07) is 9.86. The van der Waals surface area contributed by atoms with E-state index >= 15 is 0 Å². The number of methoxy groups -OCH3 is 2. The third-order valence-electron chi connectivity index (χ3n) is 4.86. The topological polar surface area (TPSA) is 50.8 Å². The average Bonchev–Trinajstić information content (AvgIpc) is 3.19. The highest BCUT2D eigenvalue weighted by Crippen LogP contribution is 2.33. The van der Waals surface area contributed by atoms with Gasteiger partial charge in [0.15, 0.2) is 11.5 Å². The van der Waals surface area contributed by atoms with Crippen molar-refractivity contribution in [1.82, 2.24) is 0 Å². The summed E-state index contributed by atoms with van der Waals surface area (Å²) < 4.78 is 11.4. The molecule has 1 aliphatic heterocycles. The highest BCUT2D eigenvalue weighted by molar-refractivity contribution is 9.10. The highest BCUT2D eigenvalue weighted by Gasteiger charge is 2.15. The zero-order valence-corrected chi connectivity index (χ0v) is 17.6. The number of aryl methyl sites for hydroxylation is 1. The Labute approximate surface area is 168 Å². The zero-order chi connectivity index (χ0) is 19.4. The first kappa shape index (κ1) is 19.5. The van der Waals surface area contributed by atoms with Crippen molar-refractivity contribution in [2.75, 3.05) is 37.5 Å². The molecule has 0 aliphatic carbocycles. The van der Waals surface area contributed by atoms with Gasteiger partial charge in [0, 0.05) is 28.9 Å². The van der Waals surface area contributed by atoms with Crippen LogP contribution in [-0.4, -0.2) is 33.2 Å². The van der Waals surface area contributed by atoms with Gasteiger partial charge in [-0.25, -0.2) is 0 Å². The van der Waals surface area contributed by atoms with Crippen LogP contribution in [0.25, 0.3) is 0 Å². The second-order valence-corrected chi connectivity index (χ2v) is 7.57. The van der Waals surface area contributed by atoms with Crippen LogP contribution in [0.4, 0.5) is 11.4 Å². The SMILES string of the molecule is COc1cc(Br)c(CC(=O)Nc2ccc(N3CCCC3)cc2C)cc1OC. The molecule has 6 heteroatoms. The molecule has 1 heterocycles. The Morgan fingerprint density at radius 1 is 1.11 bits per heavy atom. The van der Waals surface area contributed by atoms with E-state index in [-0.39, 0.29) is 12.3 Å². The van der Waals surface area contributed by atoms with Crippen molar-refractivity contribution < 1.29 is 14.3 Å². The third kappa shape index (κ3) is 4.56. The molecule has 0 radical (unpaired) electrons. The van der Waals surface area contributed by atoms with Gasteiger partial charge in [-0.2, -0.15) is 0 Å². The first-order valence-corrected chi connectivity index (χ1v) is 9.87. The fraction of sp³-hybridized carbons (Fsp3) is 0.381. The number of nitrogens with one attached hydrogen (secondary N) is 1. The third-order valence-corrected chi connectivity index (χ3v) is 5.60. The van der Waals surface area contributed by atoms with E-state index in [1.165, 1.54) is 18.5 Å². The lowest BCUT2D eigenvalue weighted by atomic mass is 10.1. The van der Waals surface area contributed by atoms with E-state index in [2.05, 4.69) is 38.3 Å². The van der Waals surface area contributed by atoms with Crippen molar-refractivity contribution in [3.63, 3.8) is 0 Å². The van der Waals surface area contributed by atoms with Crippen LogP contribution in [0.2, 0.25) is 0 Å². The number of halogens is 1. The maximum absolute atomic E-state index is 12.6. The summed E-state index contributed by atoms with van der Waals surface area (Å²) >= 11 is 3.51. The van der Waals surface area contributed by atoms with Gasteiger partial charge >= 0.3 is 0 Å². The number of carbonyl (C=O) groups is 1. The Balaban J connectivity index is 1.70. The van der Waals surface area contributed by atoms with Crippen LogP contribution in [0.1, 0.15) is 24.0 Å². The molecule has 5 nitrogen and oxygen atoms in total. The number of ether oxygens (including phenoxy) is 2. The molecule has 0 aromatic heterocycles. The smallest absolute Gasteiger partial charge is 0.228 e. The number of hydrogen-bond acceptors (Lipinski definition) is 4. The summed E-state index contributed by atoms with van der Waals surface area (Å²) in [5.74, 6) is 1.16. The van der Waals surface area contributed by atoms with Gasteiger partial charge < -0.3 is 19.7 Å². The van der Waals surface area contributed by atoms with E-state index in [9.17, 15) is 4.79 Å². The van der Waals surface area contributed by atoms with Crippen molar-refractivity contribution in [3.05, 3.63) is 45.9 Å². The van der Waals surface area contributed by atoms with Gasteiger partial charge in [-0.3, -0.25) is 4.79 Å². The van der Waals surface area contributed by atoms with Gasteiger partial charge in [-0.05, 0) is 61.2 Å². The lowest BCUT2D eigenvalue weighted by Crippen LogP contribution is -2.18. The minimum absolute atomic E-state index is 0.0695. The van der Waals surface area contributed by atoms with Gasteiger partial charge in [0.2, 0.25) is 5.91 Å². The molecule has 1 N–H and O–H groups in total. The van der Waals surface area contributed by atoms with Crippen molar-refractivity contribution in [2.24, 2.45) is 0 Å². The first-order chi connectivity index (χ1) is 13.0. The van der Waals surface area contributed by atoms with Gasteiger partial charge in [0.1, 0.15) is 0 Å². The first-order valence-electron chi connectivity index (χ1n) is 9.07. The molecule has 0 bridgehead atoms. The predicted molar refractivity (Wildman–Crippen MR) is 112 cm³/mol. The molecule has 3 rings (SSSR count). The lowest BCUT2D eigenvalue weighted by molar-refractivity contribution is -0.115. The minimum atomic E-state index is -0.0695. The number of nitrogens with zero attached hydrogens (tertiary/aromatic N) is 1. The molecule has 1 amide bonds. The Bertz CT molecular complexity index is 832. The second kappa shape index (κ2) is 8.65. The molecule has 0 saturated carbocycles. The molecule has 1 aliphatic rings. The molecule has 0 atom stereocenters. The van der Waals surface area contributed by atoms with Crippen molar-refractivity contribution >= 4 is 33.2 Å². The zero-order valence-electron chi connectivity index (χ0n) is 16.0. The standard InChI is InChI=1S/C21H25BrN2O3/c1-14-10-16(24-8-4-5-9-24)6-7-18(14)23-21(25)12-15-11-19(26-2)20(27-3)13-17(15)22/h6-7,10-11,13H,4-5,8-9,12H2,1-3H3,(H,23,25). The number of anilines is 2. The van der Waals surface area contributed by atoms with Crippen LogP contribution in [0.5, 0.6) is 11.5 Å². The number of rotatable bonds is 6. The molecule has 2 aromatic carbocycles. The van der Waals surface area contributed by atoms with Gasteiger partial charge in [-0.1, -0.05) is 15.9 Å². The normalized spacial score (nSPS) is 13.6. The molecule has 1 saturated heterocycles. The molecular weight excluding hydrogens is 408 g/mol. The molecule has 0 unspecified atom stereocenters. The fourth-order valence-corrected chi connectivity index (χ4v) is 3.82. The van der Waals surface area contributed by atoms with E-state index in [0.717, 1.165) is 34.4 Å². The fourth-order valence-electron chi connectivity index (χ4n) is 3.36. The minimum Gasteiger partial charge on any atom is -0.493 e. The van der Waals surface area contributed by atoms with Crippen molar-refractivity contribution in [3.8, 4) is 11.5 Å². The van der Waals surface area contributed by atoms with Crippen LogP contribution in [0.15, 0.2) is 34.8 Å². The Morgan fingerprint density at radius 3 is 2.41 bits per heavy atom. The summed E-state index contributed by atoms with van der Waals surface area (Å²) in [6.07, 6.45) is 2.74. The van der Waals surface area contributed by atoms with Crippen LogP contribution >= 0.6 is 15.9 Å². The monoisotopic (exact) mass is 432 g/mol. The molecule has 2 aromatic rings. The van der Waals surface area contributed by atoms with Crippen LogP contribution in [0, 0.1) is 6.92 Å². The molecule has 0 spiro atoms. The number of hydrogen-bond donors (Lipinski definition) is 1. The Kier molecular flexibility index (Phi) is 6.26. The molecular formula is C21H25BrN2O3. The second-order valence-electron chi connectivity index (χ2n) is 6.72. The van der Waals surface area contributed by atoms with Crippen molar-refractivity contribution in [2.45, 2.75) is 26.2 Å². The van der Waals surface area contributed by atoms with Crippen LogP contribution in [-0.2, 0) is 11.2 Å². The van der Waals surface area contributed by atoms with E-state index in [1.54, 1.807) is 14.2 Å². The van der Waals surface area contributed by atoms with E-state index < -0.39 is 0 Å². The van der Waals surface area contributed by atoms with Gasteiger partial charge in [-0.15, -0.1) is 0 Å². The average molecular weight is 433 g/mol. The summed E-state index contributed by atoms with van der Waals surface area (Å²) in [5, 5.41) is 3.02. The molecule has 144 valence electrons. The Hall–Kier alpha value is -2.21. The number of amides is 1. The Morgan fingerprint density at radius 2 is 1.78 bits per heavy atom.